The topological polar surface area (TPSA) is 89.3 Å². The molecule has 0 saturated carbocycles. The maximum atomic E-state index is 12.2. The van der Waals surface area contributed by atoms with Gasteiger partial charge in [-0.2, -0.15) is 0 Å². The minimum absolute atomic E-state index is 0.0334. The number of hydrogen-bond acceptors (Lipinski definition) is 5. The van der Waals surface area contributed by atoms with Crippen LogP contribution in [0.4, 0.5) is 0 Å². The molecule has 0 radical (unpaired) electrons. The molecule has 0 aliphatic heterocycles. The van der Waals surface area contributed by atoms with E-state index in [2.05, 4.69) is 9.88 Å². The molecule has 112 valence electrons. The fourth-order valence-corrected chi connectivity index (χ4v) is 2.84. The van der Waals surface area contributed by atoms with Crippen LogP contribution in [0.3, 0.4) is 0 Å². The lowest BCUT2D eigenvalue weighted by atomic mass is 10.1. The van der Waals surface area contributed by atoms with Crippen LogP contribution in [-0.2, 0) is 16.6 Å². The first kappa shape index (κ1) is 15.4. The third-order valence-corrected chi connectivity index (χ3v) is 4.31. The van der Waals surface area contributed by atoms with Gasteiger partial charge in [-0.25, -0.2) is 13.1 Å². The summed E-state index contributed by atoms with van der Waals surface area (Å²) >= 11 is 0. The highest BCUT2D eigenvalue weighted by atomic mass is 32.2. The summed E-state index contributed by atoms with van der Waals surface area (Å²) in [6.45, 7) is 3.49. The highest BCUT2D eigenvalue weighted by Gasteiger charge is 2.16. The van der Waals surface area contributed by atoms with Gasteiger partial charge in [-0.05, 0) is 19.1 Å². The van der Waals surface area contributed by atoms with E-state index in [1.807, 2.05) is 0 Å². The fraction of sp³-hybridized carbons (Fsp3) is 0.286. The first-order chi connectivity index (χ1) is 9.92. The van der Waals surface area contributed by atoms with Crippen LogP contribution in [0.1, 0.15) is 35.2 Å². The summed E-state index contributed by atoms with van der Waals surface area (Å²) in [5.74, 6) is 0.513. The maximum Gasteiger partial charge on any atom is 0.240 e. The van der Waals surface area contributed by atoms with Crippen molar-refractivity contribution < 1.29 is 17.7 Å². The van der Waals surface area contributed by atoms with Crippen molar-refractivity contribution in [3.8, 4) is 0 Å². The van der Waals surface area contributed by atoms with Crippen molar-refractivity contribution in [2.24, 2.45) is 0 Å². The van der Waals surface area contributed by atoms with Crippen molar-refractivity contribution in [2.45, 2.75) is 31.7 Å². The van der Waals surface area contributed by atoms with Crippen LogP contribution >= 0.6 is 0 Å². The first-order valence-electron chi connectivity index (χ1n) is 6.47. The molecule has 0 unspecified atom stereocenters. The van der Waals surface area contributed by atoms with Gasteiger partial charge in [0.15, 0.2) is 5.78 Å². The van der Waals surface area contributed by atoms with E-state index in [1.165, 1.54) is 12.1 Å². The first-order valence-corrected chi connectivity index (χ1v) is 7.96. The Labute approximate surface area is 123 Å². The molecular weight excluding hydrogens is 292 g/mol. The summed E-state index contributed by atoms with van der Waals surface area (Å²) < 4.78 is 31.7. The van der Waals surface area contributed by atoms with Gasteiger partial charge in [0.05, 0.1) is 17.1 Å². The number of ketones is 1. The highest BCUT2D eigenvalue weighted by molar-refractivity contribution is 7.89. The second-order valence-corrected chi connectivity index (χ2v) is 6.32. The van der Waals surface area contributed by atoms with Crippen LogP contribution in [0.2, 0.25) is 0 Å². The minimum Gasteiger partial charge on any atom is -0.361 e. The van der Waals surface area contributed by atoms with E-state index >= 15 is 0 Å². The van der Waals surface area contributed by atoms with Crippen LogP contribution in [0.5, 0.6) is 0 Å². The predicted molar refractivity (Wildman–Crippen MR) is 76.3 cm³/mol. The molecule has 0 spiro atoms. The number of Topliss-reactive ketones (excluding diaryl/α,β-unsaturated/α-hetero) is 1. The average Bonchev–Trinajstić information content (AvgIpc) is 2.90. The van der Waals surface area contributed by atoms with Crippen molar-refractivity contribution >= 4 is 15.8 Å². The Balaban J connectivity index is 2.17. The fourth-order valence-electron chi connectivity index (χ4n) is 1.79. The molecular formula is C14H16N2O4S. The van der Waals surface area contributed by atoms with Crippen LogP contribution in [0.25, 0.3) is 0 Å². The molecule has 0 aliphatic carbocycles. The molecule has 7 heteroatoms. The number of benzene rings is 1. The van der Waals surface area contributed by atoms with Gasteiger partial charge >= 0.3 is 0 Å². The van der Waals surface area contributed by atoms with Gasteiger partial charge in [-0.3, -0.25) is 4.79 Å². The number of sulfonamides is 1. The number of carbonyl (C=O) groups is 1. The number of hydrogen-bond donors (Lipinski definition) is 1. The van der Waals surface area contributed by atoms with Crippen LogP contribution in [0.15, 0.2) is 39.8 Å². The Bertz CT molecular complexity index is 750. The smallest absolute Gasteiger partial charge is 0.240 e. The lowest BCUT2D eigenvalue weighted by molar-refractivity contribution is 0.0988. The van der Waals surface area contributed by atoms with Gasteiger partial charge in [0.2, 0.25) is 10.0 Å². The molecule has 0 atom stereocenters. The standard InChI is InChI=1S/C14H16N2O4S/c1-3-14(17)11-5-4-6-13(8-11)21(18,19)15-9-12-7-10(2)20-16-12/h4-8,15H,3,9H2,1-2H3. The SMILES string of the molecule is CCC(=O)c1cccc(S(=O)(=O)NCc2cc(C)on2)c1. The third kappa shape index (κ3) is 3.77. The molecule has 2 rings (SSSR count). The molecule has 6 nitrogen and oxygen atoms in total. The Morgan fingerprint density at radius 3 is 2.71 bits per heavy atom. The van der Waals surface area contributed by atoms with Crippen LogP contribution < -0.4 is 4.72 Å². The van der Waals surface area contributed by atoms with Gasteiger partial charge in [0.25, 0.3) is 0 Å². The highest BCUT2D eigenvalue weighted by Crippen LogP contribution is 2.13. The van der Waals surface area contributed by atoms with Gasteiger partial charge in [0, 0.05) is 18.1 Å². The number of nitrogens with one attached hydrogen (secondary N) is 1. The van der Waals surface area contributed by atoms with E-state index in [0.717, 1.165) is 0 Å². The summed E-state index contributed by atoms with van der Waals surface area (Å²) in [6.07, 6.45) is 0.329. The third-order valence-electron chi connectivity index (χ3n) is 2.91. The number of carbonyl (C=O) groups excluding carboxylic acids is 1. The van der Waals surface area contributed by atoms with Crippen molar-refractivity contribution in [1.82, 2.24) is 9.88 Å². The summed E-state index contributed by atoms with van der Waals surface area (Å²) in [7, 11) is -3.70. The normalized spacial score (nSPS) is 11.5. The number of rotatable bonds is 6. The summed E-state index contributed by atoms with van der Waals surface area (Å²) in [6, 6.07) is 7.63. The molecule has 0 bridgehead atoms. The Morgan fingerprint density at radius 2 is 2.10 bits per heavy atom. The quantitative estimate of drug-likeness (QED) is 0.825. The van der Waals surface area contributed by atoms with Gasteiger partial charge in [-0.1, -0.05) is 24.2 Å². The molecule has 2 aromatic rings. The Kier molecular flexibility index (Phi) is 4.54. The predicted octanol–water partition coefficient (Wildman–Crippen LogP) is 2.05. The van der Waals surface area contributed by atoms with E-state index in [1.54, 1.807) is 32.0 Å². The lowest BCUT2D eigenvalue weighted by Crippen LogP contribution is -2.23. The zero-order chi connectivity index (χ0) is 15.5. The second kappa shape index (κ2) is 6.19. The molecule has 0 saturated heterocycles. The van der Waals surface area contributed by atoms with Gasteiger partial charge in [0.1, 0.15) is 5.76 Å². The Hall–Kier alpha value is -1.99. The summed E-state index contributed by atoms with van der Waals surface area (Å²) in [4.78, 5) is 11.7. The second-order valence-electron chi connectivity index (χ2n) is 4.56. The number of aryl methyl sites for hydroxylation is 1. The lowest BCUT2D eigenvalue weighted by Gasteiger charge is -2.06. The van der Waals surface area contributed by atoms with E-state index in [4.69, 9.17) is 4.52 Å². The molecule has 1 aromatic carbocycles. The van der Waals surface area contributed by atoms with E-state index < -0.39 is 10.0 Å². The molecule has 21 heavy (non-hydrogen) atoms. The largest absolute Gasteiger partial charge is 0.361 e. The van der Waals surface area contributed by atoms with Crippen LogP contribution in [-0.4, -0.2) is 19.4 Å². The molecule has 1 aromatic heterocycles. The summed E-state index contributed by atoms with van der Waals surface area (Å²) in [5.41, 5.74) is 0.884. The number of aromatic nitrogens is 1. The van der Waals surface area contributed by atoms with Crippen molar-refractivity contribution in [3.63, 3.8) is 0 Å². The van der Waals surface area contributed by atoms with E-state index in [0.29, 0.717) is 23.4 Å². The zero-order valence-electron chi connectivity index (χ0n) is 11.8. The zero-order valence-corrected chi connectivity index (χ0v) is 12.6. The van der Waals surface area contributed by atoms with Gasteiger partial charge in [-0.15, -0.1) is 0 Å². The molecule has 0 amide bonds. The molecule has 1 heterocycles. The molecule has 1 N–H and O–H groups in total. The number of nitrogens with zero attached hydrogens (tertiary/aromatic N) is 1. The summed E-state index contributed by atoms with van der Waals surface area (Å²) in [5, 5.41) is 3.72. The van der Waals surface area contributed by atoms with Crippen molar-refractivity contribution in [1.29, 1.82) is 0 Å². The monoisotopic (exact) mass is 308 g/mol. The van der Waals surface area contributed by atoms with Crippen molar-refractivity contribution in [3.05, 3.63) is 47.3 Å². The minimum atomic E-state index is -3.70. The van der Waals surface area contributed by atoms with E-state index in [-0.39, 0.29) is 17.2 Å². The average molecular weight is 308 g/mol. The van der Waals surface area contributed by atoms with E-state index in [9.17, 15) is 13.2 Å². The molecule has 0 fully saturated rings. The van der Waals surface area contributed by atoms with Crippen LogP contribution in [0, 0.1) is 6.92 Å². The van der Waals surface area contributed by atoms with Gasteiger partial charge < -0.3 is 4.52 Å². The maximum absolute atomic E-state index is 12.2. The molecule has 0 aliphatic rings. The Morgan fingerprint density at radius 1 is 1.33 bits per heavy atom. The van der Waals surface area contributed by atoms with Crippen molar-refractivity contribution in [2.75, 3.05) is 0 Å².